The Balaban J connectivity index is 3.49. The SMILES string of the molecule is CN(C)CCCNC(=O)CC(N)CCCN(C)C. The number of carbonyl (C=O) groups excluding carboxylic acids is 1. The summed E-state index contributed by atoms with van der Waals surface area (Å²) >= 11 is 0. The summed E-state index contributed by atoms with van der Waals surface area (Å²) in [6, 6.07) is -0.0150. The van der Waals surface area contributed by atoms with E-state index in [0.29, 0.717) is 6.42 Å². The summed E-state index contributed by atoms with van der Waals surface area (Å²) in [5, 5.41) is 2.91. The molecule has 108 valence electrons. The van der Waals surface area contributed by atoms with Crippen LogP contribution in [0.25, 0.3) is 0 Å². The molecule has 0 aliphatic carbocycles. The highest BCUT2D eigenvalue weighted by Crippen LogP contribution is 2.00. The van der Waals surface area contributed by atoms with Crippen LogP contribution in [0.2, 0.25) is 0 Å². The summed E-state index contributed by atoms with van der Waals surface area (Å²) in [4.78, 5) is 15.8. The van der Waals surface area contributed by atoms with Gasteiger partial charge in [-0.3, -0.25) is 4.79 Å². The van der Waals surface area contributed by atoms with Crippen molar-refractivity contribution in [1.82, 2.24) is 15.1 Å². The molecule has 18 heavy (non-hydrogen) atoms. The second-order valence-corrected chi connectivity index (χ2v) is 5.42. The van der Waals surface area contributed by atoms with E-state index in [1.54, 1.807) is 0 Å². The molecule has 0 saturated carbocycles. The van der Waals surface area contributed by atoms with Crippen LogP contribution in [0.4, 0.5) is 0 Å². The van der Waals surface area contributed by atoms with Crippen LogP contribution in [0.15, 0.2) is 0 Å². The first-order valence-corrected chi connectivity index (χ1v) is 6.73. The lowest BCUT2D eigenvalue weighted by Crippen LogP contribution is -2.33. The Morgan fingerprint density at radius 2 is 1.67 bits per heavy atom. The molecule has 0 saturated heterocycles. The molecule has 0 spiro atoms. The van der Waals surface area contributed by atoms with Gasteiger partial charge in [0.1, 0.15) is 0 Å². The smallest absolute Gasteiger partial charge is 0.221 e. The summed E-state index contributed by atoms with van der Waals surface area (Å²) in [6.07, 6.45) is 3.37. The lowest BCUT2D eigenvalue weighted by Gasteiger charge is -2.14. The standard InChI is InChI=1S/C13H30N4O/c1-16(2)9-5-7-12(14)11-13(18)15-8-6-10-17(3)4/h12H,5-11,14H2,1-4H3,(H,15,18). The molecule has 1 atom stereocenters. The fourth-order valence-corrected chi connectivity index (χ4v) is 1.71. The summed E-state index contributed by atoms with van der Waals surface area (Å²) in [6.45, 7) is 2.76. The van der Waals surface area contributed by atoms with Gasteiger partial charge in [0.05, 0.1) is 0 Å². The molecule has 0 fully saturated rings. The monoisotopic (exact) mass is 258 g/mol. The summed E-state index contributed by atoms with van der Waals surface area (Å²) in [7, 11) is 8.15. The number of amides is 1. The zero-order valence-electron chi connectivity index (χ0n) is 12.4. The molecule has 0 aliphatic rings. The zero-order chi connectivity index (χ0) is 14.0. The van der Waals surface area contributed by atoms with Crippen LogP contribution in [0.5, 0.6) is 0 Å². The maximum Gasteiger partial charge on any atom is 0.221 e. The minimum absolute atomic E-state index is 0.0150. The molecule has 3 N–H and O–H groups in total. The van der Waals surface area contributed by atoms with Crippen LogP contribution < -0.4 is 11.1 Å². The second-order valence-electron chi connectivity index (χ2n) is 5.42. The molecular weight excluding hydrogens is 228 g/mol. The largest absolute Gasteiger partial charge is 0.356 e. The minimum Gasteiger partial charge on any atom is -0.356 e. The van der Waals surface area contributed by atoms with Crippen LogP contribution >= 0.6 is 0 Å². The molecule has 1 amide bonds. The van der Waals surface area contributed by atoms with Crippen LogP contribution in [0, 0.1) is 0 Å². The highest BCUT2D eigenvalue weighted by molar-refractivity contribution is 5.76. The Labute approximate surface area is 112 Å². The molecule has 0 aliphatic heterocycles. The molecule has 0 radical (unpaired) electrons. The van der Waals surface area contributed by atoms with Crippen molar-refractivity contribution < 1.29 is 4.79 Å². The molecule has 5 nitrogen and oxygen atoms in total. The lowest BCUT2D eigenvalue weighted by molar-refractivity contribution is -0.121. The Morgan fingerprint density at radius 1 is 1.11 bits per heavy atom. The number of nitrogens with one attached hydrogen (secondary N) is 1. The van der Waals surface area contributed by atoms with Crippen molar-refractivity contribution in [2.24, 2.45) is 5.73 Å². The van der Waals surface area contributed by atoms with Crippen molar-refractivity contribution >= 4 is 5.91 Å². The Morgan fingerprint density at radius 3 is 2.22 bits per heavy atom. The van der Waals surface area contributed by atoms with E-state index < -0.39 is 0 Å². The predicted octanol–water partition coefficient (Wildman–Crippen LogP) is 0.114. The van der Waals surface area contributed by atoms with Crippen LogP contribution in [-0.4, -0.2) is 69.6 Å². The number of hydrogen-bond donors (Lipinski definition) is 2. The normalized spacial score (nSPS) is 13.1. The maximum absolute atomic E-state index is 11.6. The first-order valence-electron chi connectivity index (χ1n) is 6.73. The van der Waals surface area contributed by atoms with E-state index in [1.807, 2.05) is 28.2 Å². The number of hydrogen-bond acceptors (Lipinski definition) is 4. The van der Waals surface area contributed by atoms with Gasteiger partial charge in [0.25, 0.3) is 0 Å². The van der Waals surface area contributed by atoms with Crippen molar-refractivity contribution in [3.8, 4) is 0 Å². The number of rotatable bonds is 10. The van der Waals surface area contributed by atoms with Gasteiger partial charge in [-0.1, -0.05) is 0 Å². The van der Waals surface area contributed by atoms with E-state index in [9.17, 15) is 4.79 Å². The van der Waals surface area contributed by atoms with Crippen molar-refractivity contribution in [1.29, 1.82) is 0 Å². The van der Waals surface area contributed by atoms with Gasteiger partial charge in [0.2, 0.25) is 5.91 Å². The Hall–Kier alpha value is -0.650. The minimum atomic E-state index is -0.0150. The maximum atomic E-state index is 11.6. The third-order valence-corrected chi connectivity index (χ3v) is 2.73. The third-order valence-electron chi connectivity index (χ3n) is 2.73. The van der Waals surface area contributed by atoms with Gasteiger partial charge >= 0.3 is 0 Å². The lowest BCUT2D eigenvalue weighted by atomic mass is 10.1. The van der Waals surface area contributed by atoms with Gasteiger partial charge < -0.3 is 20.9 Å². The summed E-state index contributed by atoms with van der Waals surface area (Å²) in [5.74, 6) is 0.0751. The number of nitrogens with two attached hydrogens (primary N) is 1. The van der Waals surface area contributed by atoms with Crippen LogP contribution in [0.3, 0.4) is 0 Å². The Kier molecular flexibility index (Phi) is 9.92. The summed E-state index contributed by atoms with van der Waals surface area (Å²) < 4.78 is 0. The molecule has 0 rings (SSSR count). The van der Waals surface area contributed by atoms with Crippen LogP contribution in [0.1, 0.15) is 25.7 Å². The molecule has 1 unspecified atom stereocenters. The van der Waals surface area contributed by atoms with E-state index in [2.05, 4.69) is 15.1 Å². The van der Waals surface area contributed by atoms with Gasteiger partial charge in [-0.25, -0.2) is 0 Å². The van der Waals surface area contributed by atoms with E-state index >= 15 is 0 Å². The van der Waals surface area contributed by atoms with Gasteiger partial charge in [0, 0.05) is 19.0 Å². The molecule has 0 bridgehead atoms. The van der Waals surface area contributed by atoms with Gasteiger partial charge in [0.15, 0.2) is 0 Å². The fourth-order valence-electron chi connectivity index (χ4n) is 1.71. The van der Waals surface area contributed by atoms with E-state index in [4.69, 9.17) is 5.73 Å². The predicted molar refractivity (Wildman–Crippen MR) is 76.6 cm³/mol. The molecule has 0 heterocycles. The molecule has 0 aromatic carbocycles. The van der Waals surface area contributed by atoms with Crippen molar-refractivity contribution in [2.75, 3.05) is 47.8 Å². The average Bonchev–Trinajstić information content (AvgIpc) is 2.23. The average molecular weight is 258 g/mol. The number of nitrogens with zero attached hydrogens (tertiary/aromatic N) is 2. The van der Waals surface area contributed by atoms with Crippen LogP contribution in [-0.2, 0) is 4.79 Å². The quantitative estimate of drug-likeness (QED) is 0.546. The molecular formula is C13H30N4O. The highest BCUT2D eigenvalue weighted by Gasteiger charge is 2.08. The van der Waals surface area contributed by atoms with Crippen molar-refractivity contribution in [3.05, 3.63) is 0 Å². The topological polar surface area (TPSA) is 61.6 Å². The van der Waals surface area contributed by atoms with Gasteiger partial charge in [-0.2, -0.15) is 0 Å². The molecule has 0 aromatic heterocycles. The van der Waals surface area contributed by atoms with E-state index in [-0.39, 0.29) is 11.9 Å². The second kappa shape index (κ2) is 10.3. The fraction of sp³-hybridized carbons (Fsp3) is 0.923. The van der Waals surface area contributed by atoms with Crippen molar-refractivity contribution in [3.63, 3.8) is 0 Å². The summed E-state index contributed by atoms with van der Waals surface area (Å²) in [5.41, 5.74) is 5.93. The molecule has 5 heteroatoms. The zero-order valence-corrected chi connectivity index (χ0v) is 12.4. The van der Waals surface area contributed by atoms with Gasteiger partial charge in [-0.05, 0) is 60.5 Å². The van der Waals surface area contributed by atoms with E-state index in [0.717, 1.165) is 38.9 Å². The first-order chi connectivity index (χ1) is 8.41. The van der Waals surface area contributed by atoms with E-state index in [1.165, 1.54) is 0 Å². The number of carbonyl (C=O) groups is 1. The van der Waals surface area contributed by atoms with Gasteiger partial charge in [-0.15, -0.1) is 0 Å². The Bertz CT molecular complexity index is 219. The first kappa shape index (κ1) is 17.4. The highest BCUT2D eigenvalue weighted by atomic mass is 16.1. The van der Waals surface area contributed by atoms with Crippen molar-refractivity contribution in [2.45, 2.75) is 31.7 Å². The molecule has 0 aromatic rings. The third kappa shape index (κ3) is 11.8.